The van der Waals surface area contributed by atoms with Gasteiger partial charge in [0.15, 0.2) is 0 Å². The van der Waals surface area contributed by atoms with E-state index in [0.717, 1.165) is 12.0 Å². The van der Waals surface area contributed by atoms with Gasteiger partial charge in [-0.2, -0.15) is 0 Å². The Hall–Kier alpha value is -1.57. The van der Waals surface area contributed by atoms with E-state index in [0.29, 0.717) is 0 Å². The van der Waals surface area contributed by atoms with Crippen LogP contribution < -0.4 is 5.30 Å². The van der Waals surface area contributed by atoms with Crippen LogP contribution in [0.2, 0.25) is 0 Å². The van der Waals surface area contributed by atoms with Gasteiger partial charge < -0.3 is 0 Å². The van der Waals surface area contributed by atoms with Gasteiger partial charge in [-0.1, -0.05) is 55.3 Å². The standard InChI is InChI=1S/C9H8.C8H11P/c1-3-9-7-5-4-6-8(9)2;1-2-7-3-5-8(9)6-4-7/h1,4-7H,2H3;3-6H,2,9H2,1H3. The molecule has 0 nitrogen and oxygen atoms in total. The Labute approximate surface area is 113 Å². The van der Waals surface area contributed by atoms with E-state index >= 15 is 0 Å². The molecule has 2 aromatic carbocycles. The van der Waals surface area contributed by atoms with E-state index in [-0.39, 0.29) is 0 Å². The van der Waals surface area contributed by atoms with Crippen molar-refractivity contribution < 1.29 is 0 Å². The van der Waals surface area contributed by atoms with Gasteiger partial charge in [-0.25, -0.2) is 0 Å². The minimum Gasteiger partial charge on any atom is -0.115 e. The van der Waals surface area contributed by atoms with Gasteiger partial charge in [-0.3, -0.25) is 0 Å². The molecule has 0 spiro atoms. The molecule has 0 saturated heterocycles. The summed E-state index contributed by atoms with van der Waals surface area (Å²) >= 11 is 0. The average molecular weight is 254 g/mol. The predicted molar refractivity (Wildman–Crippen MR) is 84.3 cm³/mol. The van der Waals surface area contributed by atoms with Gasteiger partial charge >= 0.3 is 0 Å². The van der Waals surface area contributed by atoms with Gasteiger partial charge in [0.1, 0.15) is 0 Å². The summed E-state index contributed by atoms with van der Waals surface area (Å²) in [5.74, 6) is 2.60. The Morgan fingerprint density at radius 2 is 1.67 bits per heavy atom. The molecule has 0 aliphatic carbocycles. The van der Waals surface area contributed by atoms with Gasteiger partial charge in [0.2, 0.25) is 0 Å². The van der Waals surface area contributed by atoms with E-state index < -0.39 is 0 Å². The first-order chi connectivity index (χ1) is 8.67. The fourth-order valence-electron chi connectivity index (χ4n) is 1.49. The highest BCUT2D eigenvalue weighted by Crippen LogP contribution is 2.03. The van der Waals surface area contributed by atoms with Crippen molar-refractivity contribution in [2.24, 2.45) is 0 Å². The predicted octanol–water partition coefficient (Wildman–Crippen LogP) is 3.73. The van der Waals surface area contributed by atoms with Crippen LogP contribution in [0.5, 0.6) is 0 Å². The van der Waals surface area contributed by atoms with E-state index in [1.807, 2.05) is 31.2 Å². The van der Waals surface area contributed by atoms with Crippen LogP contribution >= 0.6 is 9.24 Å². The molecule has 92 valence electrons. The molecule has 0 amide bonds. The van der Waals surface area contributed by atoms with Gasteiger partial charge in [-0.15, -0.1) is 15.7 Å². The molecular weight excluding hydrogens is 235 g/mol. The second-order valence-electron chi connectivity index (χ2n) is 4.05. The summed E-state index contributed by atoms with van der Waals surface area (Å²) in [6.07, 6.45) is 6.33. The molecule has 0 fully saturated rings. The number of terminal acetylenes is 1. The van der Waals surface area contributed by atoms with Crippen LogP contribution in [0.15, 0.2) is 48.5 Å². The summed E-state index contributed by atoms with van der Waals surface area (Å²) < 4.78 is 0. The van der Waals surface area contributed by atoms with Crippen molar-refractivity contribution in [1.82, 2.24) is 0 Å². The Morgan fingerprint density at radius 1 is 1.06 bits per heavy atom. The third kappa shape index (κ3) is 4.74. The zero-order chi connectivity index (χ0) is 13.4. The fourth-order valence-corrected chi connectivity index (χ4v) is 1.68. The summed E-state index contributed by atoms with van der Waals surface area (Å²) in [5.41, 5.74) is 3.55. The first kappa shape index (κ1) is 14.5. The number of hydrogen-bond acceptors (Lipinski definition) is 0. The monoisotopic (exact) mass is 254 g/mol. The SMILES string of the molecule is C#Cc1ccccc1C.CCc1ccc(P)cc1. The lowest BCUT2D eigenvalue weighted by molar-refractivity contribution is 1.14. The van der Waals surface area contributed by atoms with E-state index in [1.165, 1.54) is 16.4 Å². The van der Waals surface area contributed by atoms with Crippen molar-refractivity contribution in [3.05, 3.63) is 65.2 Å². The maximum Gasteiger partial charge on any atom is 0.0271 e. The average Bonchev–Trinajstić information content (AvgIpc) is 2.41. The molecule has 0 aliphatic rings. The normalized spacial score (nSPS) is 9.00. The van der Waals surface area contributed by atoms with Crippen LogP contribution in [-0.4, -0.2) is 0 Å². The first-order valence-corrected chi connectivity index (χ1v) is 6.61. The zero-order valence-electron chi connectivity index (χ0n) is 11.0. The highest BCUT2D eigenvalue weighted by Gasteiger charge is 1.87. The summed E-state index contributed by atoms with van der Waals surface area (Å²) in [5, 5.41) is 1.26. The van der Waals surface area contributed by atoms with E-state index in [9.17, 15) is 0 Å². The van der Waals surface area contributed by atoms with Crippen LogP contribution in [0.25, 0.3) is 0 Å². The highest BCUT2D eigenvalue weighted by atomic mass is 31.0. The molecule has 1 unspecified atom stereocenters. The van der Waals surface area contributed by atoms with Crippen LogP contribution in [0.4, 0.5) is 0 Å². The minimum atomic E-state index is 0.984. The largest absolute Gasteiger partial charge is 0.115 e. The Balaban J connectivity index is 0.000000180. The summed E-state index contributed by atoms with van der Waals surface area (Å²) in [4.78, 5) is 0. The van der Waals surface area contributed by atoms with Crippen LogP contribution in [-0.2, 0) is 6.42 Å². The topological polar surface area (TPSA) is 0 Å². The minimum absolute atomic E-state index is 0.984. The first-order valence-electron chi connectivity index (χ1n) is 6.04. The maximum absolute atomic E-state index is 5.20. The molecule has 0 aromatic heterocycles. The van der Waals surface area contributed by atoms with E-state index in [2.05, 4.69) is 46.3 Å². The van der Waals surface area contributed by atoms with Crippen molar-refractivity contribution >= 4 is 14.5 Å². The van der Waals surface area contributed by atoms with Gasteiger partial charge in [0.05, 0.1) is 0 Å². The molecule has 1 heteroatoms. The summed E-state index contributed by atoms with van der Waals surface area (Å²) in [7, 11) is 2.67. The quantitative estimate of drug-likeness (QED) is 0.537. The second-order valence-corrected chi connectivity index (χ2v) is 4.72. The third-order valence-corrected chi connectivity index (χ3v) is 3.07. The smallest absolute Gasteiger partial charge is 0.0271 e. The molecule has 0 N–H and O–H groups in total. The zero-order valence-corrected chi connectivity index (χ0v) is 12.1. The van der Waals surface area contributed by atoms with E-state index in [1.54, 1.807) is 0 Å². The van der Waals surface area contributed by atoms with Crippen molar-refractivity contribution in [3.8, 4) is 12.3 Å². The highest BCUT2D eigenvalue weighted by molar-refractivity contribution is 7.27. The van der Waals surface area contributed by atoms with Gasteiger partial charge in [0.25, 0.3) is 0 Å². The molecule has 2 rings (SSSR count). The fraction of sp³-hybridized carbons (Fsp3) is 0.176. The number of aryl methyl sites for hydroxylation is 2. The van der Waals surface area contributed by atoms with E-state index in [4.69, 9.17) is 6.42 Å². The molecule has 2 aromatic rings. The molecule has 0 saturated carbocycles. The number of hydrogen-bond donors (Lipinski definition) is 0. The summed E-state index contributed by atoms with van der Waals surface area (Å²) in [6.45, 7) is 4.17. The van der Waals surface area contributed by atoms with Gasteiger partial charge in [0, 0.05) is 5.56 Å². The van der Waals surface area contributed by atoms with Crippen molar-refractivity contribution in [2.75, 3.05) is 0 Å². The Bertz CT molecular complexity index is 518. The molecule has 0 bridgehead atoms. The molecule has 0 heterocycles. The lowest BCUT2D eigenvalue weighted by Gasteiger charge is -1.94. The molecule has 1 atom stereocenters. The molecule has 18 heavy (non-hydrogen) atoms. The van der Waals surface area contributed by atoms with Gasteiger partial charge in [-0.05, 0) is 35.8 Å². The van der Waals surface area contributed by atoms with Crippen molar-refractivity contribution in [3.63, 3.8) is 0 Å². The molecule has 0 radical (unpaired) electrons. The second kappa shape index (κ2) is 7.70. The summed E-state index contributed by atoms with van der Waals surface area (Å²) in [6, 6.07) is 16.4. The lowest BCUT2D eigenvalue weighted by Crippen LogP contribution is -1.88. The molecular formula is C17H19P. The maximum atomic E-state index is 5.20. The van der Waals surface area contributed by atoms with Crippen LogP contribution in [0.3, 0.4) is 0 Å². The van der Waals surface area contributed by atoms with Crippen LogP contribution in [0, 0.1) is 19.3 Å². The number of rotatable bonds is 1. The Kier molecular flexibility index (Phi) is 6.20. The third-order valence-electron chi connectivity index (χ3n) is 2.69. The lowest BCUT2D eigenvalue weighted by atomic mass is 10.1. The number of benzene rings is 2. The van der Waals surface area contributed by atoms with Crippen LogP contribution in [0.1, 0.15) is 23.6 Å². The Morgan fingerprint density at radius 3 is 2.11 bits per heavy atom. The van der Waals surface area contributed by atoms with Crippen molar-refractivity contribution in [1.29, 1.82) is 0 Å². The van der Waals surface area contributed by atoms with Crippen molar-refractivity contribution in [2.45, 2.75) is 20.3 Å². The molecule has 0 aliphatic heterocycles.